The van der Waals surface area contributed by atoms with Crippen LogP contribution in [0.15, 0.2) is 0 Å². The van der Waals surface area contributed by atoms with E-state index < -0.39 is 0 Å². The zero-order valence-electron chi connectivity index (χ0n) is 14.5. The highest BCUT2D eigenvalue weighted by Gasteiger charge is 2.36. The Morgan fingerprint density at radius 3 is 2.20 bits per heavy atom. The van der Waals surface area contributed by atoms with Gasteiger partial charge in [-0.3, -0.25) is 4.79 Å². The van der Waals surface area contributed by atoms with Crippen LogP contribution < -0.4 is 5.73 Å². The Morgan fingerprint density at radius 2 is 1.80 bits per heavy atom. The summed E-state index contributed by atoms with van der Waals surface area (Å²) in [7, 11) is 0. The van der Waals surface area contributed by atoms with Crippen LogP contribution in [0.4, 0.5) is 0 Å². The molecule has 2 heteroatoms. The van der Waals surface area contributed by atoms with Gasteiger partial charge in [0, 0.05) is 5.41 Å². The van der Waals surface area contributed by atoms with Crippen molar-refractivity contribution in [2.75, 3.05) is 0 Å². The van der Waals surface area contributed by atoms with Gasteiger partial charge in [0.05, 0.1) is 6.04 Å². The summed E-state index contributed by atoms with van der Waals surface area (Å²) < 4.78 is 0. The molecule has 2 atom stereocenters. The third kappa shape index (κ3) is 4.31. The van der Waals surface area contributed by atoms with Gasteiger partial charge in [0.1, 0.15) is 0 Å². The number of carbonyl (C=O) groups is 1. The normalized spacial score (nSPS) is 30.9. The quantitative estimate of drug-likeness (QED) is 0.802. The van der Waals surface area contributed by atoms with E-state index in [1.807, 2.05) is 20.8 Å². The standard InChI is InChI=1S/C18H35NO/c1-7-13(2)18(6)10-8-14(9-11-18)12-15(19)16(20)17(3,4)5/h13-15H,7-12,19H2,1-6H3. The lowest BCUT2D eigenvalue weighted by molar-refractivity contribution is -0.128. The minimum Gasteiger partial charge on any atom is -0.321 e. The molecule has 0 heterocycles. The van der Waals surface area contributed by atoms with Crippen LogP contribution in [0.25, 0.3) is 0 Å². The molecule has 1 aliphatic carbocycles. The first-order valence-electron chi connectivity index (χ1n) is 8.40. The van der Waals surface area contributed by atoms with Gasteiger partial charge < -0.3 is 5.73 Å². The number of nitrogens with two attached hydrogens (primary N) is 1. The number of Topliss-reactive ketones (excluding diaryl/α,β-unsaturated/α-hetero) is 1. The van der Waals surface area contributed by atoms with Crippen molar-refractivity contribution < 1.29 is 4.79 Å². The van der Waals surface area contributed by atoms with Crippen LogP contribution in [0.3, 0.4) is 0 Å². The Bertz CT molecular complexity index is 321. The Labute approximate surface area is 125 Å². The number of hydrogen-bond donors (Lipinski definition) is 1. The highest BCUT2D eigenvalue weighted by molar-refractivity contribution is 5.88. The molecule has 20 heavy (non-hydrogen) atoms. The third-order valence-electron chi connectivity index (χ3n) is 5.71. The SMILES string of the molecule is CCC(C)C1(C)CCC(CC(N)C(=O)C(C)(C)C)CC1. The van der Waals surface area contributed by atoms with E-state index in [1.54, 1.807) is 0 Å². The lowest BCUT2D eigenvalue weighted by atomic mass is 9.63. The monoisotopic (exact) mass is 281 g/mol. The summed E-state index contributed by atoms with van der Waals surface area (Å²) in [6.45, 7) is 13.0. The molecule has 118 valence electrons. The average Bonchev–Trinajstić information content (AvgIpc) is 2.38. The van der Waals surface area contributed by atoms with Crippen LogP contribution in [0.2, 0.25) is 0 Å². The molecule has 2 N–H and O–H groups in total. The topological polar surface area (TPSA) is 43.1 Å². The molecular formula is C18H35NO. The highest BCUT2D eigenvalue weighted by atomic mass is 16.1. The molecule has 0 amide bonds. The molecule has 2 nitrogen and oxygen atoms in total. The average molecular weight is 281 g/mol. The van der Waals surface area contributed by atoms with Crippen molar-refractivity contribution in [1.82, 2.24) is 0 Å². The van der Waals surface area contributed by atoms with E-state index in [-0.39, 0.29) is 17.2 Å². The van der Waals surface area contributed by atoms with Crippen LogP contribution >= 0.6 is 0 Å². The van der Waals surface area contributed by atoms with Crippen LogP contribution in [-0.2, 0) is 4.79 Å². The fourth-order valence-corrected chi connectivity index (χ4v) is 3.58. The maximum absolute atomic E-state index is 12.2. The highest BCUT2D eigenvalue weighted by Crippen LogP contribution is 2.46. The van der Waals surface area contributed by atoms with Gasteiger partial charge >= 0.3 is 0 Å². The van der Waals surface area contributed by atoms with E-state index in [9.17, 15) is 4.79 Å². The first-order chi connectivity index (χ1) is 9.10. The fraction of sp³-hybridized carbons (Fsp3) is 0.944. The zero-order chi connectivity index (χ0) is 15.6. The van der Waals surface area contributed by atoms with Crippen LogP contribution in [0, 0.1) is 22.7 Å². The van der Waals surface area contributed by atoms with Gasteiger partial charge in [-0.15, -0.1) is 0 Å². The largest absolute Gasteiger partial charge is 0.321 e. The second-order valence-corrected chi connectivity index (χ2v) is 8.36. The summed E-state index contributed by atoms with van der Waals surface area (Å²) >= 11 is 0. The van der Waals surface area contributed by atoms with Crippen LogP contribution in [-0.4, -0.2) is 11.8 Å². The van der Waals surface area contributed by atoms with Gasteiger partial charge in [-0.25, -0.2) is 0 Å². The van der Waals surface area contributed by atoms with Crippen molar-refractivity contribution in [1.29, 1.82) is 0 Å². The molecule has 0 aromatic heterocycles. The number of hydrogen-bond acceptors (Lipinski definition) is 2. The van der Waals surface area contributed by atoms with Gasteiger partial charge in [0.15, 0.2) is 5.78 Å². The summed E-state index contributed by atoms with van der Waals surface area (Å²) in [4.78, 5) is 12.2. The van der Waals surface area contributed by atoms with Crippen LogP contribution in [0.1, 0.15) is 80.1 Å². The first-order valence-corrected chi connectivity index (χ1v) is 8.40. The molecule has 0 radical (unpaired) electrons. The molecule has 2 unspecified atom stereocenters. The summed E-state index contributed by atoms with van der Waals surface area (Å²) in [6, 6.07) is -0.270. The molecule has 1 fully saturated rings. The third-order valence-corrected chi connectivity index (χ3v) is 5.71. The van der Waals surface area contributed by atoms with Crippen molar-refractivity contribution in [2.45, 2.75) is 86.1 Å². The van der Waals surface area contributed by atoms with E-state index in [4.69, 9.17) is 5.73 Å². The van der Waals surface area contributed by atoms with E-state index >= 15 is 0 Å². The van der Waals surface area contributed by atoms with Gasteiger partial charge in [-0.1, -0.05) is 48.0 Å². The Kier molecular flexibility index (Phi) is 5.83. The molecule has 1 rings (SSSR count). The molecule has 0 aromatic rings. The lowest BCUT2D eigenvalue weighted by Crippen LogP contribution is -2.41. The van der Waals surface area contributed by atoms with E-state index in [1.165, 1.54) is 32.1 Å². The number of carbonyl (C=O) groups excluding carboxylic acids is 1. The Hall–Kier alpha value is -0.370. The summed E-state index contributed by atoms with van der Waals surface area (Å²) in [5.41, 5.74) is 6.34. The van der Waals surface area contributed by atoms with Crippen LogP contribution in [0.5, 0.6) is 0 Å². The van der Waals surface area contributed by atoms with E-state index in [2.05, 4.69) is 20.8 Å². The number of ketones is 1. The van der Waals surface area contributed by atoms with Crippen molar-refractivity contribution in [3.8, 4) is 0 Å². The molecule has 0 bridgehead atoms. The van der Waals surface area contributed by atoms with Gasteiger partial charge in [0.2, 0.25) is 0 Å². The molecule has 1 saturated carbocycles. The lowest BCUT2D eigenvalue weighted by Gasteiger charge is -2.42. The minimum atomic E-state index is -0.306. The number of rotatable bonds is 5. The van der Waals surface area contributed by atoms with Crippen molar-refractivity contribution in [3.63, 3.8) is 0 Å². The van der Waals surface area contributed by atoms with Gasteiger partial charge in [0.25, 0.3) is 0 Å². The van der Waals surface area contributed by atoms with E-state index in [0.717, 1.165) is 12.3 Å². The second-order valence-electron chi connectivity index (χ2n) is 8.36. The summed E-state index contributed by atoms with van der Waals surface area (Å²) in [6.07, 6.45) is 7.22. The van der Waals surface area contributed by atoms with Crippen molar-refractivity contribution in [2.24, 2.45) is 28.4 Å². The van der Waals surface area contributed by atoms with E-state index in [0.29, 0.717) is 11.3 Å². The van der Waals surface area contributed by atoms with Gasteiger partial charge in [-0.2, -0.15) is 0 Å². The Balaban J connectivity index is 2.49. The molecule has 0 saturated heterocycles. The molecule has 0 spiro atoms. The molecular weight excluding hydrogens is 246 g/mol. The minimum absolute atomic E-state index is 0.216. The second kappa shape index (κ2) is 6.60. The zero-order valence-corrected chi connectivity index (χ0v) is 14.5. The fourth-order valence-electron chi connectivity index (χ4n) is 3.58. The molecule has 0 aliphatic heterocycles. The molecule has 1 aliphatic rings. The van der Waals surface area contributed by atoms with Crippen molar-refractivity contribution >= 4 is 5.78 Å². The van der Waals surface area contributed by atoms with Gasteiger partial charge in [-0.05, 0) is 49.4 Å². The maximum Gasteiger partial charge on any atom is 0.154 e. The first kappa shape index (κ1) is 17.7. The predicted molar refractivity (Wildman–Crippen MR) is 86.6 cm³/mol. The smallest absolute Gasteiger partial charge is 0.154 e. The van der Waals surface area contributed by atoms with Crippen molar-refractivity contribution in [3.05, 3.63) is 0 Å². The predicted octanol–water partition coefficient (Wildman–Crippen LogP) is 4.56. The Morgan fingerprint density at radius 1 is 1.30 bits per heavy atom. The molecule has 0 aromatic carbocycles. The summed E-state index contributed by atoms with van der Waals surface area (Å²) in [5, 5.41) is 0. The maximum atomic E-state index is 12.2. The summed E-state index contributed by atoms with van der Waals surface area (Å²) in [5.74, 6) is 1.66.